The zero-order chi connectivity index (χ0) is 14.7. The van der Waals surface area contributed by atoms with E-state index in [4.69, 9.17) is 0 Å². The van der Waals surface area contributed by atoms with Crippen LogP contribution in [0.2, 0.25) is 0 Å². The molecule has 21 heavy (non-hydrogen) atoms. The van der Waals surface area contributed by atoms with Crippen LogP contribution >= 0.6 is 0 Å². The maximum absolute atomic E-state index is 12.3. The summed E-state index contributed by atoms with van der Waals surface area (Å²) < 4.78 is 1.74. The summed E-state index contributed by atoms with van der Waals surface area (Å²) in [7, 11) is 0. The summed E-state index contributed by atoms with van der Waals surface area (Å²) in [6.45, 7) is 1.89. The van der Waals surface area contributed by atoms with Gasteiger partial charge in [0.25, 0.3) is 0 Å². The molecular weight excluding hydrogens is 262 g/mol. The van der Waals surface area contributed by atoms with Crippen LogP contribution < -0.4 is 5.32 Å². The number of amides is 1. The van der Waals surface area contributed by atoms with Crippen molar-refractivity contribution in [2.24, 2.45) is 0 Å². The molecule has 1 aromatic heterocycles. The van der Waals surface area contributed by atoms with Gasteiger partial charge in [0.1, 0.15) is 6.04 Å². The molecule has 4 heteroatoms. The number of hydrogen-bond acceptors (Lipinski definition) is 2. The lowest BCUT2D eigenvalue weighted by atomic mass is 10.1. The average Bonchev–Trinajstić information content (AvgIpc) is 3.18. The molecule has 0 spiro atoms. The van der Waals surface area contributed by atoms with Gasteiger partial charge in [-0.2, -0.15) is 5.10 Å². The molecule has 1 N–H and O–H groups in total. The van der Waals surface area contributed by atoms with Crippen molar-refractivity contribution in [1.29, 1.82) is 0 Å². The minimum atomic E-state index is -0.275. The molecule has 0 bridgehead atoms. The van der Waals surface area contributed by atoms with Crippen molar-refractivity contribution in [3.8, 4) is 11.1 Å². The third kappa shape index (κ3) is 3.15. The highest BCUT2D eigenvalue weighted by Crippen LogP contribution is 2.21. The van der Waals surface area contributed by atoms with Crippen LogP contribution in [-0.2, 0) is 4.79 Å². The van der Waals surface area contributed by atoms with Crippen LogP contribution in [0.3, 0.4) is 0 Å². The zero-order valence-corrected chi connectivity index (χ0v) is 12.3. The molecular formula is C17H21N3O. The number of carbonyl (C=O) groups excluding carboxylic acids is 1. The molecule has 110 valence electrons. The summed E-state index contributed by atoms with van der Waals surface area (Å²) in [5.41, 5.74) is 2.16. The Kier molecular flexibility index (Phi) is 4.04. The van der Waals surface area contributed by atoms with Gasteiger partial charge in [0.2, 0.25) is 5.91 Å². The summed E-state index contributed by atoms with van der Waals surface area (Å²) in [5.74, 6) is 0.0598. The van der Waals surface area contributed by atoms with Crippen molar-refractivity contribution in [2.45, 2.75) is 44.7 Å². The predicted octanol–water partition coefficient (Wildman–Crippen LogP) is 3.17. The molecule has 1 amide bonds. The Bertz CT molecular complexity index is 600. The number of carbonyl (C=O) groups is 1. The molecule has 1 aliphatic carbocycles. The van der Waals surface area contributed by atoms with E-state index in [-0.39, 0.29) is 11.9 Å². The molecule has 3 rings (SSSR count). The minimum Gasteiger partial charge on any atom is -0.352 e. The Hall–Kier alpha value is -2.10. The topological polar surface area (TPSA) is 46.9 Å². The number of benzene rings is 1. The molecule has 0 radical (unpaired) electrons. The predicted molar refractivity (Wildman–Crippen MR) is 82.8 cm³/mol. The largest absolute Gasteiger partial charge is 0.352 e. The molecule has 1 heterocycles. The van der Waals surface area contributed by atoms with Gasteiger partial charge in [-0.3, -0.25) is 9.48 Å². The Balaban J connectivity index is 1.69. The van der Waals surface area contributed by atoms with E-state index in [0.717, 1.165) is 24.0 Å². The van der Waals surface area contributed by atoms with Crippen molar-refractivity contribution >= 4 is 5.91 Å². The van der Waals surface area contributed by atoms with E-state index in [1.54, 1.807) is 4.68 Å². The van der Waals surface area contributed by atoms with E-state index < -0.39 is 0 Å². The lowest BCUT2D eigenvalue weighted by Crippen LogP contribution is -2.37. The van der Waals surface area contributed by atoms with E-state index in [1.165, 1.54) is 12.8 Å². The fraction of sp³-hybridized carbons (Fsp3) is 0.412. The second-order valence-electron chi connectivity index (χ2n) is 5.74. The van der Waals surface area contributed by atoms with Gasteiger partial charge in [0.15, 0.2) is 0 Å². The van der Waals surface area contributed by atoms with Crippen LogP contribution in [0.5, 0.6) is 0 Å². The Labute approximate surface area is 125 Å². The molecule has 1 saturated carbocycles. The standard InChI is InChI=1S/C17H21N3O/c1-13(17(21)19-16-9-5-6-10-16)20-12-15(11-18-20)14-7-3-2-4-8-14/h2-4,7-8,11-13,16H,5-6,9-10H2,1H3,(H,19,21)/t13-/m1/s1. The first-order valence-corrected chi connectivity index (χ1v) is 7.64. The zero-order valence-electron chi connectivity index (χ0n) is 12.3. The summed E-state index contributed by atoms with van der Waals surface area (Å²) >= 11 is 0. The lowest BCUT2D eigenvalue weighted by Gasteiger charge is -2.16. The highest BCUT2D eigenvalue weighted by Gasteiger charge is 2.22. The van der Waals surface area contributed by atoms with Crippen molar-refractivity contribution in [2.75, 3.05) is 0 Å². The quantitative estimate of drug-likeness (QED) is 0.937. The van der Waals surface area contributed by atoms with Gasteiger partial charge in [-0.25, -0.2) is 0 Å². The monoisotopic (exact) mass is 283 g/mol. The number of nitrogens with zero attached hydrogens (tertiary/aromatic N) is 2. The highest BCUT2D eigenvalue weighted by molar-refractivity contribution is 5.80. The van der Waals surface area contributed by atoms with E-state index in [9.17, 15) is 4.79 Å². The normalized spacial score (nSPS) is 16.8. The van der Waals surface area contributed by atoms with Gasteiger partial charge < -0.3 is 5.32 Å². The van der Waals surface area contributed by atoms with Gasteiger partial charge in [-0.1, -0.05) is 43.2 Å². The molecule has 0 unspecified atom stereocenters. The maximum Gasteiger partial charge on any atom is 0.244 e. The smallest absolute Gasteiger partial charge is 0.244 e. The van der Waals surface area contributed by atoms with Crippen LogP contribution in [0.4, 0.5) is 0 Å². The van der Waals surface area contributed by atoms with Crippen LogP contribution in [0.15, 0.2) is 42.7 Å². The van der Waals surface area contributed by atoms with E-state index in [1.807, 2.05) is 49.6 Å². The van der Waals surface area contributed by atoms with Crippen molar-refractivity contribution in [3.63, 3.8) is 0 Å². The first-order chi connectivity index (χ1) is 10.2. The Morgan fingerprint density at radius 1 is 1.24 bits per heavy atom. The van der Waals surface area contributed by atoms with Gasteiger partial charge in [0, 0.05) is 17.8 Å². The van der Waals surface area contributed by atoms with Gasteiger partial charge in [-0.05, 0) is 25.3 Å². The second-order valence-corrected chi connectivity index (χ2v) is 5.74. The fourth-order valence-corrected chi connectivity index (χ4v) is 2.84. The number of nitrogens with one attached hydrogen (secondary N) is 1. The van der Waals surface area contributed by atoms with E-state index >= 15 is 0 Å². The number of rotatable bonds is 4. The van der Waals surface area contributed by atoms with Crippen molar-refractivity contribution in [1.82, 2.24) is 15.1 Å². The average molecular weight is 283 g/mol. The Morgan fingerprint density at radius 2 is 1.95 bits per heavy atom. The molecule has 0 aliphatic heterocycles. The van der Waals surface area contributed by atoms with Gasteiger partial charge in [0.05, 0.1) is 6.20 Å². The van der Waals surface area contributed by atoms with Gasteiger partial charge in [-0.15, -0.1) is 0 Å². The summed E-state index contributed by atoms with van der Waals surface area (Å²) in [6, 6.07) is 10.2. The third-order valence-corrected chi connectivity index (χ3v) is 4.19. The van der Waals surface area contributed by atoms with Crippen LogP contribution in [0.1, 0.15) is 38.6 Å². The summed E-state index contributed by atoms with van der Waals surface area (Å²) in [6.07, 6.45) is 8.40. The number of aromatic nitrogens is 2. The molecule has 1 aromatic carbocycles. The fourth-order valence-electron chi connectivity index (χ4n) is 2.84. The van der Waals surface area contributed by atoms with Crippen molar-refractivity contribution < 1.29 is 4.79 Å². The molecule has 1 atom stereocenters. The van der Waals surface area contributed by atoms with Crippen molar-refractivity contribution in [3.05, 3.63) is 42.7 Å². The maximum atomic E-state index is 12.3. The second kappa shape index (κ2) is 6.12. The summed E-state index contributed by atoms with van der Waals surface area (Å²) in [4.78, 5) is 12.3. The lowest BCUT2D eigenvalue weighted by molar-refractivity contribution is -0.124. The SMILES string of the molecule is C[C@H](C(=O)NC1CCCC1)n1cc(-c2ccccc2)cn1. The van der Waals surface area contributed by atoms with Crippen LogP contribution in [-0.4, -0.2) is 21.7 Å². The van der Waals surface area contributed by atoms with Crippen LogP contribution in [0.25, 0.3) is 11.1 Å². The molecule has 1 aliphatic rings. The first-order valence-electron chi connectivity index (χ1n) is 7.64. The third-order valence-electron chi connectivity index (χ3n) is 4.19. The van der Waals surface area contributed by atoms with E-state index in [0.29, 0.717) is 6.04 Å². The number of hydrogen-bond donors (Lipinski definition) is 1. The minimum absolute atomic E-state index is 0.0598. The molecule has 0 saturated heterocycles. The van der Waals surface area contributed by atoms with Crippen LogP contribution in [0, 0.1) is 0 Å². The van der Waals surface area contributed by atoms with E-state index in [2.05, 4.69) is 10.4 Å². The first kappa shape index (κ1) is 13.9. The highest BCUT2D eigenvalue weighted by atomic mass is 16.2. The Morgan fingerprint density at radius 3 is 2.67 bits per heavy atom. The van der Waals surface area contributed by atoms with Gasteiger partial charge >= 0.3 is 0 Å². The molecule has 4 nitrogen and oxygen atoms in total. The molecule has 1 fully saturated rings. The summed E-state index contributed by atoms with van der Waals surface area (Å²) in [5, 5.41) is 7.47. The molecule has 2 aromatic rings.